The lowest BCUT2D eigenvalue weighted by Gasteiger charge is -2.08. The molecule has 1 atom stereocenters. The summed E-state index contributed by atoms with van der Waals surface area (Å²) in [5.74, 6) is 0. The Morgan fingerprint density at radius 2 is 2.38 bits per heavy atom. The number of halogens is 1. The zero-order chi connectivity index (χ0) is 9.84. The van der Waals surface area contributed by atoms with Crippen molar-refractivity contribution in [3.05, 3.63) is 33.5 Å². The normalized spacial score (nSPS) is 12.8. The Balaban J connectivity index is 2.58. The quantitative estimate of drug-likeness (QED) is 0.760. The topological polar surface area (TPSA) is 20.2 Å². The molecule has 72 valence electrons. The fourth-order valence-corrected chi connectivity index (χ4v) is 2.07. The third-order valence-electron chi connectivity index (χ3n) is 1.90. The molecule has 1 heterocycles. The summed E-state index contributed by atoms with van der Waals surface area (Å²) >= 11 is 7.18. The van der Waals surface area contributed by atoms with Crippen molar-refractivity contribution in [2.24, 2.45) is 0 Å². The van der Waals surface area contributed by atoms with Gasteiger partial charge < -0.3 is 5.11 Å². The Kier molecular flexibility index (Phi) is 3.97. The molecule has 0 spiro atoms. The van der Waals surface area contributed by atoms with Crippen LogP contribution < -0.4 is 0 Å². The summed E-state index contributed by atoms with van der Waals surface area (Å²) in [6, 6.07) is 3.67. The fourth-order valence-electron chi connectivity index (χ4n) is 1.03. The first kappa shape index (κ1) is 10.8. The van der Waals surface area contributed by atoms with E-state index in [0.717, 1.165) is 21.2 Å². The van der Waals surface area contributed by atoms with E-state index < -0.39 is 6.10 Å². The van der Waals surface area contributed by atoms with Crippen LogP contribution in [0.4, 0.5) is 0 Å². The number of hydrogen-bond acceptors (Lipinski definition) is 2. The van der Waals surface area contributed by atoms with Gasteiger partial charge in [-0.1, -0.05) is 30.7 Å². The van der Waals surface area contributed by atoms with Crippen LogP contribution in [0.15, 0.2) is 24.3 Å². The third kappa shape index (κ3) is 3.14. The Labute approximate surface area is 87.7 Å². The predicted molar refractivity (Wildman–Crippen MR) is 58.3 cm³/mol. The highest BCUT2D eigenvalue weighted by Crippen LogP contribution is 2.30. The van der Waals surface area contributed by atoms with Crippen molar-refractivity contribution in [2.75, 3.05) is 0 Å². The Hall–Kier alpha value is -0.310. The van der Waals surface area contributed by atoms with Crippen molar-refractivity contribution in [1.29, 1.82) is 0 Å². The highest BCUT2D eigenvalue weighted by molar-refractivity contribution is 7.16. The lowest BCUT2D eigenvalue weighted by atomic mass is 10.1. The number of aliphatic hydroxyl groups is 1. The maximum atomic E-state index is 9.73. The van der Waals surface area contributed by atoms with E-state index in [-0.39, 0.29) is 0 Å². The number of thiophene rings is 1. The molecular formula is C10H13ClOS. The summed E-state index contributed by atoms with van der Waals surface area (Å²) in [6.45, 7) is 5.90. The largest absolute Gasteiger partial charge is 0.387 e. The highest BCUT2D eigenvalue weighted by Gasteiger charge is 2.10. The van der Waals surface area contributed by atoms with Crippen LogP contribution in [-0.2, 0) is 0 Å². The van der Waals surface area contributed by atoms with Gasteiger partial charge in [-0.25, -0.2) is 0 Å². The summed E-state index contributed by atoms with van der Waals surface area (Å²) in [7, 11) is 0. The first-order valence-electron chi connectivity index (χ1n) is 4.23. The molecule has 0 radical (unpaired) electrons. The van der Waals surface area contributed by atoms with E-state index in [9.17, 15) is 5.11 Å². The zero-order valence-electron chi connectivity index (χ0n) is 7.59. The van der Waals surface area contributed by atoms with Gasteiger partial charge in [-0.3, -0.25) is 0 Å². The second-order valence-electron chi connectivity index (χ2n) is 2.97. The van der Waals surface area contributed by atoms with Crippen LogP contribution in [-0.4, -0.2) is 5.11 Å². The molecule has 1 aromatic rings. The van der Waals surface area contributed by atoms with Gasteiger partial charge in [-0.15, -0.1) is 11.3 Å². The van der Waals surface area contributed by atoms with Crippen molar-refractivity contribution in [3.63, 3.8) is 0 Å². The average molecular weight is 217 g/mol. The van der Waals surface area contributed by atoms with E-state index in [0.29, 0.717) is 6.42 Å². The molecule has 1 N–H and O–H groups in total. The minimum absolute atomic E-state index is 0.440. The average Bonchev–Trinajstić information content (AvgIpc) is 2.51. The van der Waals surface area contributed by atoms with E-state index in [1.165, 1.54) is 11.3 Å². The maximum absolute atomic E-state index is 9.73. The van der Waals surface area contributed by atoms with Gasteiger partial charge in [-0.05, 0) is 25.0 Å². The monoisotopic (exact) mass is 216 g/mol. The van der Waals surface area contributed by atoms with Crippen molar-refractivity contribution in [2.45, 2.75) is 25.9 Å². The Bertz CT molecular complexity index is 293. The molecule has 1 rings (SSSR count). The van der Waals surface area contributed by atoms with E-state index in [2.05, 4.69) is 6.58 Å². The van der Waals surface area contributed by atoms with Gasteiger partial charge in [0.15, 0.2) is 0 Å². The van der Waals surface area contributed by atoms with E-state index in [1.54, 1.807) is 6.07 Å². The molecule has 1 aromatic heterocycles. The van der Waals surface area contributed by atoms with Crippen LogP contribution in [0.3, 0.4) is 0 Å². The predicted octanol–water partition coefficient (Wildman–Crippen LogP) is 3.79. The van der Waals surface area contributed by atoms with Crippen molar-refractivity contribution in [3.8, 4) is 0 Å². The molecule has 1 unspecified atom stereocenters. The van der Waals surface area contributed by atoms with Crippen molar-refractivity contribution < 1.29 is 5.11 Å². The van der Waals surface area contributed by atoms with Crippen LogP contribution >= 0.6 is 22.9 Å². The van der Waals surface area contributed by atoms with Crippen LogP contribution in [0, 0.1) is 0 Å². The summed E-state index contributed by atoms with van der Waals surface area (Å²) < 4.78 is 0.719. The first-order valence-corrected chi connectivity index (χ1v) is 5.43. The molecular weight excluding hydrogens is 204 g/mol. The SMILES string of the molecule is C=C(CC)CC(O)c1ccc(Cl)s1. The molecule has 0 aliphatic carbocycles. The fraction of sp³-hybridized carbons (Fsp3) is 0.400. The van der Waals surface area contributed by atoms with Crippen LogP contribution in [0.5, 0.6) is 0 Å². The van der Waals surface area contributed by atoms with Gasteiger partial charge in [0.1, 0.15) is 0 Å². The molecule has 0 saturated carbocycles. The molecule has 0 fully saturated rings. The number of hydrogen-bond donors (Lipinski definition) is 1. The van der Waals surface area contributed by atoms with Gasteiger partial charge in [0.25, 0.3) is 0 Å². The molecule has 0 aliphatic rings. The summed E-state index contributed by atoms with van der Waals surface area (Å²) in [4.78, 5) is 0.916. The van der Waals surface area contributed by atoms with Gasteiger partial charge in [-0.2, -0.15) is 0 Å². The highest BCUT2D eigenvalue weighted by atomic mass is 35.5. The molecule has 0 aromatic carbocycles. The van der Waals surface area contributed by atoms with E-state index >= 15 is 0 Å². The zero-order valence-corrected chi connectivity index (χ0v) is 9.16. The second kappa shape index (κ2) is 4.80. The molecule has 1 nitrogen and oxygen atoms in total. The molecule has 0 saturated heterocycles. The van der Waals surface area contributed by atoms with Gasteiger partial charge in [0.2, 0.25) is 0 Å². The molecule has 0 bridgehead atoms. The van der Waals surface area contributed by atoms with E-state index in [4.69, 9.17) is 11.6 Å². The molecule has 0 aliphatic heterocycles. The number of aliphatic hydroxyl groups excluding tert-OH is 1. The lowest BCUT2D eigenvalue weighted by molar-refractivity contribution is 0.181. The van der Waals surface area contributed by atoms with Crippen LogP contribution in [0.25, 0.3) is 0 Å². The summed E-state index contributed by atoms with van der Waals surface area (Å²) in [6.07, 6.45) is 1.11. The number of rotatable bonds is 4. The standard InChI is InChI=1S/C10H13ClOS/c1-3-7(2)6-8(12)9-4-5-10(11)13-9/h4-5,8,12H,2-3,6H2,1H3. The van der Waals surface area contributed by atoms with Crippen LogP contribution in [0.2, 0.25) is 4.34 Å². The van der Waals surface area contributed by atoms with Gasteiger partial charge in [0, 0.05) is 4.88 Å². The minimum Gasteiger partial charge on any atom is -0.387 e. The van der Waals surface area contributed by atoms with Crippen molar-refractivity contribution >= 4 is 22.9 Å². The van der Waals surface area contributed by atoms with E-state index in [1.807, 2.05) is 13.0 Å². The Morgan fingerprint density at radius 1 is 1.69 bits per heavy atom. The lowest BCUT2D eigenvalue weighted by Crippen LogP contribution is -1.95. The van der Waals surface area contributed by atoms with Gasteiger partial charge in [0.05, 0.1) is 10.4 Å². The smallest absolute Gasteiger partial charge is 0.0932 e. The second-order valence-corrected chi connectivity index (χ2v) is 4.71. The summed E-state index contributed by atoms with van der Waals surface area (Å²) in [5, 5.41) is 9.73. The molecule has 3 heteroatoms. The third-order valence-corrected chi connectivity index (χ3v) is 3.24. The molecule has 0 amide bonds. The van der Waals surface area contributed by atoms with Gasteiger partial charge >= 0.3 is 0 Å². The minimum atomic E-state index is -0.440. The maximum Gasteiger partial charge on any atom is 0.0932 e. The van der Waals surface area contributed by atoms with Crippen molar-refractivity contribution in [1.82, 2.24) is 0 Å². The Morgan fingerprint density at radius 3 is 2.85 bits per heavy atom. The summed E-state index contributed by atoms with van der Waals surface area (Å²) in [5.41, 5.74) is 1.07. The molecule has 13 heavy (non-hydrogen) atoms. The first-order chi connectivity index (χ1) is 6.13. The van der Waals surface area contributed by atoms with Crippen LogP contribution in [0.1, 0.15) is 30.7 Å².